The van der Waals surface area contributed by atoms with E-state index in [0.717, 1.165) is 42.2 Å². The topological polar surface area (TPSA) is 69.3 Å². The molecule has 1 N–H and O–H groups in total. The van der Waals surface area contributed by atoms with Crippen molar-refractivity contribution in [3.63, 3.8) is 0 Å². The first-order chi connectivity index (χ1) is 12.4. The molecule has 0 fully saturated rings. The smallest absolute Gasteiger partial charge is 0.178 e. The summed E-state index contributed by atoms with van der Waals surface area (Å²) in [7, 11) is 0. The number of pyridine rings is 1. The van der Waals surface area contributed by atoms with Crippen LogP contribution in [0.1, 0.15) is 36.9 Å². The van der Waals surface area contributed by atoms with Crippen molar-refractivity contribution in [3.05, 3.63) is 42.0 Å². The summed E-state index contributed by atoms with van der Waals surface area (Å²) in [5, 5.41) is 12.4. The molecular weight excluding hydrogens is 316 g/mol. The number of nitrogens with one attached hydrogen (secondary N) is 1. The van der Waals surface area contributed by atoms with Gasteiger partial charge in [-0.25, -0.2) is 9.50 Å². The minimum Gasteiger partial charge on any atom is -0.373 e. The molecule has 0 atom stereocenters. The van der Waals surface area contributed by atoms with Gasteiger partial charge in [0.2, 0.25) is 0 Å². The molecule has 128 valence electrons. The van der Waals surface area contributed by atoms with Gasteiger partial charge in [0.05, 0.1) is 31.1 Å². The van der Waals surface area contributed by atoms with E-state index in [2.05, 4.69) is 38.8 Å². The summed E-state index contributed by atoms with van der Waals surface area (Å²) in [5.41, 5.74) is 5.43. The minimum absolute atomic E-state index is 0.613. The zero-order chi connectivity index (χ0) is 16.6. The average Bonchev–Trinajstić information content (AvgIpc) is 3.28. The minimum atomic E-state index is 0.613. The molecule has 0 bridgehead atoms. The second-order valence-electron chi connectivity index (χ2n) is 6.57. The number of aromatic nitrogens is 5. The molecule has 25 heavy (non-hydrogen) atoms. The van der Waals surface area contributed by atoms with Gasteiger partial charge in [-0.2, -0.15) is 10.2 Å². The van der Waals surface area contributed by atoms with E-state index in [0.29, 0.717) is 13.2 Å². The van der Waals surface area contributed by atoms with Gasteiger partial charge in [0.1, 0.15) is 6.33 Å². The largest absolute Gasteiger partial charge is 0.373 e. The summed E-state index contributed by atoms with van der Waals surface area (Å²) >= 11 is 0. The van der Waals surface area contributed by atoms with E-state index in [-0.39, 0.29) is 0 Å². The molecule has 3 aromatic rings. The molecule has 0 saturated heterocycles. The Kier molecular flexibility index (Phi) is 3.52. The molecule has 0 amide bonds. The van der Waals surface area contributed by atoms with Gasteiger partial charge in [0.15, 0.2) is 11.5 Å². The maximum Gasteiger partial charge on any atom is 0.178 e. The quantitative estimate of drug-likeness (QED) is 0.796. The van der Waals surface area contributed by atoms with Crippen molar-refractivity contribution in [2.75, 3.05) is 11.9 Å². The lowest BCUT2D eigenvalue weighted by molar-refractivity contribution is 0.0801. The zero-order valence-corrected chi connectivity index (χ0v) is 14.0. The molecule has 0 aromatic carbocycles. The van der Waals surface area contributed by atoms with Crippen LogP contribution in [0, 0.1) is 0 Å². The normalized spacial score (nSPS) is 17.4. The summed E-state index contributed by atoms with van der Waals surface area (Å²) in [4.78, 5) is 4.39. The van der Waals surface area contributed by atoms with Crippen LogP contribution >= 0.6 is 0 Å². The predicted molar refractivity (Wildman–Crippen MR) is 94.6 cm³/mol. The van der Waals surface area contributed by atoms with Gasteiger partial charge in [-0.15, -0.1) is 0 Å². The van der Waals surface area contributed by atoms with Crippen molar-refractivity contribution in [3.8, 4) is 0 Å². The summed E-state index contributed by atoms with van der Waals surface area (Å²) in [6.07, 6.45) is 10.8. The van der Waals surface area contributed by atoms with Crippen LogP contribution in [0.3, 0.4) is 0 Å². The molecule has 1 aliphatic heterocycles. The fourth-order valence-corrected chi connectivity index (χ4v) is 3.59. The highest BCUT2D eigenvalue weighted by molar-refractivity contribution is 5.78. The summed E-state index contributed by atoms with van der Waals surface area (Å²) in [6, 6.07) is 4.20. The maximum atomic E-state index is 5.49. The van der Waals surface area contributed by atoms with Gasteiger partial charge in [-0.3, -0.25) is 4.68 Å². The van der Waals surface area contributed by atoms with E-state index in [1.54, 1.807) is 6.33 Å². The molecule has 0 unspecified atom stereocenters. The first kappa shape index (κ1) is 14.7. The van der Waals surface area contributed by atoms with Crippen molar-refractivity contribution in [1.29, 1.82) is 0 Å². The molecule has 0 spiro atoms. The lowest BCUT2D eigenvalue weighted by Gasteiger charge is -2.14. The van der Waals surface area contributed by atoms with E-state index < -0.39 is 0 Å². The van der Waals surface area contributed by atoms with Crippen LogP contribution in [0.15, 0.2) is 30.7 Å². The average molecular weight is 336 g/mol. The van der Waals surface area contributed by atoms with E-state index >= 15 is 0 Å². The Bertz CT molecular complexity index is 930. The summed E-state index contributed by atoms with van der Waals surface area (Å²) in [6.45, 7) is 2.12. The van der Waals surface area contributed by atoms with Crippen molar-refractivity contribution in [2.24, 2.45) is 0 Å². The van der Waals surface area contributed by atoms with Crippen molar-refractivity contribution >= 4 is 22.7 Å². The van der Waals surface area contributed by atoms with Crippen LogP contribution in [0.25, 0.3) is 11.2 Å². The van der Waals surface area contributed by atoms with E-state index in [4.69, 9.17) is 4.74 Å². The highest BCUT2D eigenvalue weighted by Gasteiger charge is 2.15. The molecule has 0 radical (unpaired) electrons. The van der Waals surface area contributed by atoms with Crippen molar-refractivity contribution in [1.82, 2.24) is 24.4 Å². The SMILES string of the molecule is C1=C(c2cc(Nc3cc4n(n3)CCOC4)c3ncnn3c2)CCCC1. The first-order valence-corrected chi connectivity index (χ1v) is 8.81. The van der Waals surface area contributed by atoms with Gasteiger partial charge in [0, 0.05) is 12.3 Å². The van der Waals surface area contributed by atoms with Gasteiger partial charge < -0.3 is 10.1 Å². The Morgan fingerprint density at radius 1 is 1.20 bits per heavy atom. The van der Waals surface area contributed by atoms with Crippen LogP contribution in [0.4, 0.5) is 11.5 Å². The molecule has 7 nitrogen and oxygen atoms in total. The predicted octanol–water partition coefficient (Wildman–Crippen LogP) is 3.16. The third-order valence-electron chi connectivity index (χ3n) is 4.86. The van der Waals surface area contributed by atoms with Crippen LogP contribution in [0.5, 0.6) is 0 Å². The number of hydrogen-bond donors (Lipinski definition) is 1. The van der Waals surface area contributed by atoms with Crippen LogP contribution in [0.2, 0.25) is 0 Å². The molecule has 7 heteroatoms. The van der Waals surface area contributed by atoms with Crippen molar-refractivity contribution < 1.29 is 4.74 Å². The zero-order valence-electron chi connectivity index (χ0n) is 14.0. The monoisotopic (exact) mass is 336 g/mol. The fraction of sp³-hybridized carbons (Fsp3) is 0.389. The van der Waals surface area contributed by atoms with Crippen LogP contribution in [-0.2, 0) is 17.9 Å². The lowest BCUT2D eigenvalue weighted by Crippen LogP contribution is -2.16. The Morgan fingerprint density at radius 3 is 3.08 bits per heavy atom. The summed E-state index contributed by atoms with van der Waals surface area (Å²) < 4.78 is 9.33. The van der Waals surface area contributed by atoms with Gasteiger partial charge in [-0.05, 0) is 42.9 Å². The maximum absolute atomic E-state index is 5.49. The van der Waals surface area contributed by atoms with E-state index in [1.807, 2.05) is 15.3 Å². The second kappa shape index (κ2) is 6.00. The molecule has 5 rings (SSSR count). The first-order valence-electron chi connectivity index (χ1n) is 8.81. The fourth-order valence-electron chi connectivity index (χ4n) is 3.59. The summed E-state index contributed by atoms with van der Waals surface area (Å²) in [5.74, 6) is 0.820. The number of nitrogens with zero attached hydrogens (tertiary/aromatic N) is 5. The molecule has 0 saturated carbocycles. The molecule has 3 aromatic heterocycles. The molecule has 2 aliphatic rings. The number of anilines is 2. The Balaban J connectivity index is 1.54. The third-order valence-corrected chi connectivity index (χ3v) is 4.86. The molecule has 4 heterocycles. The number of fused-ring (bicyclic) bond motifs is 2. The lowest BCUT2D eigenvalue weighted by atomic mass is 9.94. The van der Waals surface area contributed by atoms with E-state index in [9.17, 15) is 0 Å². The molecule has 1 aliphatic carbocycles. The number of rotatable bonds is 3. The Hall–Kier alpha value is -2.67. The second-order valence-corrected chi connectivity index (χ2v) is 6.57. The standard InChI is InChI=1S/C18H20N6O/c1-2-4-13(5-3-1)14-8-16(18-19-12-20-24(18)10-14)21-17-9-15-11-25-7-6-23(15)22-17/h4,8-10,12H,1-3,5-7,11H2,(H,21,22). The number of allylic oxidation sites excluding steroid dienone is 2. The number of hydrogen-bond acceptors (Lipinski definition) is 5. The molecular formula is C18H20N6O. The Morgan fingerprint density at radius 2 is 2.20 bits per heavy atom. The van der Waals surface area contributed by atoms with Crippen LogP contribution in [-0.4, -0.2) is 31.0 Å². The van der Waals surface area contributed by atoms with Crippen LogP contribution < -0.4 is 5.32 Å². The highest BCUT2D eigenvalue weighted by atomic mass is 16.5. The highest BCUT2D eigenvalue weighted by Crippen LogP contribution is 2.30. The van der Waals surface area contributed by atoms with Crippen molar-refractivity contribution in [2.45, 2.75) is 38.8 Å². The van der Waals surface area contributed by atoms with Gasteiger partial charge >= 0.3 is 0 Å². The third kappa shape index (κ3) is 2.70. The van der Waals surface area contributed by atoms with E-state index in [1.165, 1.54) is 24.0 Å². The number of ether oxygens (including phenoxy) is 1. The van der Waals surface area contributed by atoms with Gasteiger partial charge in [-0.1, -0.05) is 6.08 Å². The van der Waals surface area contributed by atoms with Gasteiger partial charge in [0.25, 0.3) is 0 Å². The Labute approximate surface area is 145 Å².